The molecule has 0 spiro atoms. The van der Waals surface area contributed by atoms with Crippen molar-refractivity contribution in [3.8, 4) is 0 Å². The van der Waals surface area contributed by atoms with Gasteiger partial charge in [-0.1, -0.05) is 38.3 Å². The number of anilines is 1. The van der Waals surface area contributed by atoms with Gasteiger partial charge >= 0.3 is 0 Å². The van der Waals surface area contributed by atoms with Crippen molar-refractivity contribution < 1.29 is 4.79 Å². The molecule has 0 aromatic heterocycles. The molecule has 1 aliphatic rings. The van der Waals surface area contributed by atoms with Gasteiger partial charge in [0.15, 0.2) is 5.96 Å². The zero-order valence-electron chi connectivity index (χ0n) is 14.9. The second-order valence-electron chi connectivity index (χ2n) is 6.40. The minimum Gasteiger partial charge on any atom is -0.354 e. The van der Waals surface area contributed by atoms with Crippen LogP contribution in [-0.2, 0) is 11.3 Å². The maximum atomic E-state index is 11.6. The average Bonchev–Trinajstić information content (AvgIpc) is 2.61. The number of amides is 1. The summed E-state index contributed by atoms with van der Waals surface area (Å²) < 4.78 is 0. The van der Waals surface area contributed by atoms with E-state index < -0.39 is 0 Å². The normalized spacial score (nSPS) is 15.8. The van der Waals surface area contributed by atoms with Crippen LogP contribution in [0.3, 0.4) is 0 Å². The van der Waals surface area contributed by atoms with Crippen LogP contribution in [0.15, 0.2) is 29.3 Å². The van der Waals surface area contributed by atoms with Crippen LogP contribution in [0.5, 0.6) is 0 Å². The molecule has 0 unspecified atom stereocenters. The lowest BCUT2D eigenvalue weighted by Gasteiger charge is -2.24. The van der Waals surface area contributed by atoms with Gasteiger partial charge < -0.3 is 16.0 Å². The molecule has 1 amide bonds. The van der Waals surface area contributed by atoms with E-state index in [-0.39, 0.29) is 5.91 Å². The van der Waals surface area contributed by atoms with E-state index in [9.17, 15) is 4.79 Å². The zero-order valence-corrected chi connectivity index (χ0v) is 14.9. The predicted molar refractivity (Wildman–Crippen MR) is 100 cm³/mol. The maximum absolute atomic E-state index is 11.6. The van der Waals surface area contributed by atoms with Crippen LogP contribution in [0.4, 0.5) is 5.69 Å². The number of hydrogen-bond acceptors (Lipinski definition) is 2. The minimum atomic E-state index is 0.0699. The van der Waals surface area contributed by atoms with Crippen LogP contribution >= 0.6 is 0 Å². The Morgan fingerprint density at radius 2 is 1.88 bits per heavy atom. The summed E-state index contributed by atoms with van der Waals surface area (Å²) in [5.41, 5.74) is 2.01. The number of guanidine groups is 1. The van der Waals surface area contributed by atoms with Gasteiger partial charge in [-0.3, -0.25) is 9.79 Å². The first-order valence-corrected chi connectivity index (χ1v) is 9.07. The first-order valence-electron chi connectivity index (χ1n) is 9.07. The van der Waals surface area contributed by atoms with Crippen molar-refractivity contribution in [1.29, 1.82) is 0 Å². The molecule has 24 heavy (non-hydrogen) atoms. The summed E-state index contributed by atoms with van der Waals surface area (Å²) in [6, 6.07) is 8.50. The van der Waals surface area contributed by atoms with E-state index in [0.717, 1.165) is 30.2 Å². The average molecular weight is 330 g/mol. The second-order valence-corrected chi connectivity index (χ2v) is 6.40. The van der Waals surface area contributed by atoms with Crippen molar-refractivity contribution in [2.24, 2.45) is 4.99 Å². The molecule has 1 fully saturated rings. The summed E-state index contributed by atoms with van der Waals surface area (Å²) in [7, 11) is 1.81. The van der Waals surface area contributed by atoms with Crippen LogP contribution in [0.2, 0.25) is 0 Å². The first kappa shape index (κ1) is 18.3. The van der Waals surface area contributed by atoms with Crippen molar-refractivity contribution in [3.05, 3.63) is 29.8 Å². The molecule has 0 aliphatic heterocycles. The Labute approximate surface area is 145 Å². The van der Waals surface area contributed by atoms with E-state index in [4.69, 9.17) is 0 Å². The van der Waals surface area contributed by atoms with E-state index in [1.165, 1.54) is 32.1 Å². The SMILES string of the molecule is CCCC(=O)Nc1ccc(CNC(=NC)NC2CCCCC2)cc1. The highest BCUT2D eigenvalue weighted by atomic mass is 16.1. The smallest absolute Gasteiger partial charge is 0.224 e. The van der Waals surface area contributed by atoms with Crippen LogP contribution in [0.25, 0.3) is 0 Å². The Hall–Kier alpha value is -2.04. The fourth-order valence-corrected chi connectivity index (χ4v) is 2.98. The summed E-state index contributed by atoms with van der Waals surface area (Å²) in [6.45, 7) is 2.72. The van der Waals surface area contributed by atoms with Gasteiger partial charge in [-0.15, -0.1) is 0 Å². The van der Waals surface area contributed by atoms with Gasteiger partial charge in [0.2, 0.25) is 5.91 Å². The molecule has 0 bridgehead atoms. The Kier molecular flexibility index (Phi) is 7.59. The molecular weight excluding hydrogens is 300 g/mol. The molecule has 132 valence electrons. The fraction of sp³-hybridized carbons (Fsp3) is 0.579. The zero-order chi connectivity index (χ0) is 17.2. The highest BCUT2D eigenvalue weighted by Crippen LogP contribution is 2.17. The third kappa shape index (κ3) is 6.22. The lowest BCUT2D eigenvalue weighted by atomic mass is 9.96. The monoisotopic (exact) mass is 330 g/mol. The number of hydrogen-bond donors (Lipinski definition) is 3. The summed E-state index contributed by atoms with van der Waals surface area (Å²) >= 11 is 0. The topological polar surface area (TPSA) is 65.5 Å². The molecule has 0 radical (unpaired) electrons. The number of rotatable bonds is 6. The molecule has 1 saturated carbocycles. The number of nitrogens with one attached hydrogen (secondary N) is 3. The van der Waals surface area contributed by atoms with Gasteiger partial charge in [0.1, 0.15) is 0 Å². The van der Waals surface area contributed by atoms with Crippen LogP contribution in [0, 0.1) is 0 Å². The lowest BCUT2D eigenvalue weighted by molar-refractivity contribution is -0.116. The second kappa shape index (κ2) is 9.96. The quantitative estimate of drug-likeness (QED) is 0.553. The number of aliphatic imine (C=N–C) groups is 1. The molecule has 0 atom stereocenters. The largest absolute Gasteiger partial charge is 0.354 e. The van der Waals surface area contributed by atoms with Crippen molar-refractivity contribution in [2.75, 3.05) is 12.4 Å². The minimum absolute atomic E-state index is 0.0699. The van der Waals surface area contributed by atoms with Gasteiger partial charge in [-0.25, -0.2) is 0 Å². The van der Waals surface area contributed by atoms with Crippen LogP contribution < -0.4 is 16.0 Å². The molecule has 1 aliphatic carbocycles. The summed E-state index contributed by atoms with van der Waals surface area (Å²) in [5, 5.41) is 9.78. The molecule has 5 heteroatoms. The number of carbonyl (C=O) groups excluding carboxylic acids is 1. The van der Waals surface area contributed by atoms with E-state index in [1.54, 1.807) is 0 Å². The number of carbonyl (C=O) groups is 1. The Balaban J connectivity index is 1.78. The van der Waals surface area contributed by atoms with Crippen molar-refractivity contribution in [1.82, 2.24) is 10.6 Å². The van der Waals surface area contributed by atoms with Gasteiger partial charge in [0, 0.05) is 31.7 Å². The van der Waals surface area contributed by atoms with Crippen molar-refractivity contribution in [3.63, 3.8) is 0 Å². The molecular formula is C19H30N4O. The highest BCUT2D eigenvalue weighted by Gasteiger charge is 2.14. The number of nitrogens with zero attached hydrogens (tertiary/aromatic N) is 1. The highest BCUT2D eigenvalue weighted by molar-refractivity contribution is 5.90. The molecule has 2 rings (SSSR count). The summed E-state index contributed by atoms with van der Waals surface area (Å²) in [6.07, 6.45) is 7.85. The Morgan fingerprint density at radius 1 is 1.17 bits per heavy atom. The van der Waals surface area contributed by atoms with Crippen LogP contribution in [0.1, 0.15) is 57.4 Å². The van der Waals surface area contributed by atoms with Crippen molar-refractivity contribution >= 4 is 17.6 Å². The lowest BCUT2D eigenvalue weighted by Crippen LogP contribution is -2.43. The molecule has 0 heterocycles. The molecule has 3 N–H and O–H groups in total. The standard InChI is InChI=1S/C19H30N4O/c1-3-7-18(24)22-17-12-10-15(11-13-17)14-21-19(20-2)23-16-8-5-4-6-9-16/h10-13,16H,3-9,14H2,1-2H3,(H,22,24)(H2,20,21,23). The summed E-state index contributed by atoms with van der Waals surface area (Å²) in [5.74, 6) is 0.933. The van der Waals surface area contributed by atoms with Gasteiger partial charge in [0.05, 0.1) is 0 Å². The molecule has 0 saturated heterocycles. The first-order chi connectivity index (χ1) is 11.7. The Morgan fingerprint density at radius 3 is 2.50 bits per heavy atom. The van der Waals surface area contributed by atoms with E-state index >= 15 is 0 Å². The van der Waals surface area contributed by atoms with E-state index in [1.807, 2.05) is 38.2 Å². The van der Waals surface area contributed by atoms with Crippen LogP contribution in [-0.4, -0.2) is 25.0 Å². The van der Waals surface area contributed by atoms with E-state index in [0.29, 0.717) is 12.5 Å². The molecule has 1 aromatic carbocycles. The third-order valence-electron chi connectivity index (χ3n) is 4.34. The molecule has 5 nitrogen and oxygen atoms in total. The van der Waals surface area contributed by atoms with E-state index in [2.05, 4.69) is 20.9 Å². The summed E-state index contributed by atoms with van der Waals surface area (Å²) in [4.78, 5) is 15.9. The maximum Gasteiger partial charge on any atom is 0.224 e. The van der Waals surface area contributed by atoms with Gasteiger partial charge in [-0.2, -0.15) is 0 Å². The fourth-order valence-electron chi connectivity index (χ4n) is 2.98. The Bertz CT molecular complexity index is 533. The number of benzene rings is 1. The van der Waals surface area contributed by atoms with Crippen molar-refractivity contribution in [2.45, 2.75) is 64.5 Å². The van der Waals surface area contributed by atoms with Gasteiger partial charge in [-0.05, 0) is 37.0 Å². The van der Waals surface area contributed by atoms with Gasteiger partial charge in [0.25, 0.3) is 0 Å². The predicted octanol–water partition coefficient (Wildman–Crippen LogP) is 3.42. The third-order valence-corrected chi connectivity index (χ3v) is 4.34. The molecule has 1 aromatic rings.